The van der Waals surface area contributed by atoms with Gasteiger partial charge in [0.2, 0.25) is 0 Å². The van der Waals surface area contributed by atoms with Crippen molar-refractivity contribution < 1.29 is 20.0 Å². The van der Waals surface area contributed by atoms with Gasteiger partial charge < -0.3 is 0 Å². The number of hydrogen-bond acceptors (Lipinski definition) is 0. The molecule has 3 aliphatic rings. The zero-order valence-corrected chi connectivity index (χ0v) is 27.6. The van der Waals surface area contributed by atoms with Gasteiger partial charge in [-0.2, -0.15) is 0 Å². The molecule has 0 aromatic heterocycles. The molecule has 0 fully saturated rings. The zero-order chi connectivity index (χ0) is 25.1. The van der Waals surface area contributed by atoms with Crippen LogP contribution in [0.2, 0.25) is 12.5 Å². The summed E-state index contributed by atoms with van der Waals surface area (Å²) in [5, 5.41) is 0. The molecule has 3 aliphatic carbocycles. The van der Waals surface area contributed by atoms with E-state index in [2.05, 4.69) is 89.0 Å². The Balaban J connectivity index is 1.89. The van der Waals surface area contributed by atoms with Crippen molar-refractivity contribution in [1.29, 1.82) is 0 Å². The minimum atomic E-state index is -3.10. The molecule has 1 aromatic rings. The van der Waals surface area contributed by atoms with Gasteiger partial charge >= 0.3 is 217 Å². The molecule has 0 amide bonds. The van der Waals surface area contributed by atoms with Crippen LogP contribution < -0.4 is 0 Å². The Morgan fingerprint density at radius 2 is 1.38 bits per heavy atom. The summed E-state index contributed by atoms with van der Waals surface area (Å²) in [6.45, 7) is 19.5. The Bertz CT molecular complexity index is 1050. The molecule has 186 valence electrons. The Labute approximate surface area is 215 Å². The van der Waals surface area contributed by atoms with Gasteiger partial charge in [-0.15, -0.1) is 0 Å². The van der Waals surface area contributed by atoms with Crippen molar-refractivity contribution in [3.05, 3.63) is 62.8 Å². The summed E-state index contributed by atoms with van der Waals surface area (Å²) in [6, 6.07) is 5.36. The van der Waals surface area contributed by atoms with Gasteiger partial charge in [0, 0.05) is 0 Å². The van der Waals surface area contributed by atoms with E-state index in [0.29, 0.717) is 8.59 Å². The van der Waals surface area contributed by atoms with E-state index in [0.717, 1.165) is 0 Å². The second kappa shape index (κ2) is 9.00. The average Bonchev–Trinajstić information content (AvgIpc) is 3.42. The van der Waals surface area contributed by atoms with E-state index in [1.807, 2.05) is 0 Å². The molecule has 1 heteroatoms. The van der Waals surface area contributed by atoms with Crippen molar-refractivity contribution in [3.8, 4) is 0 Å². The van der Waals surface area contributed by atoms with Crippen molar-refractivity contribution in [2.24, 2.45) is 5.41 Å². The van der Waals surface area contributed by atoms with Crippen molar-refractivity contribution in [2.45, 2.75) is 122 Å². The Morgan fingerprint density at radius 3 is 1.91 bits per heavy atom. The average molecular weight is 625 g/mol. The maximum absolute atomic E-state index is 3.10. The molecule has 0 aliphatic heterocycles. The van der Waals surface area contributed by atoms with Crippen LogP contribution in [0.5, 0.6) is 0 Å². The van der Waals surface area contributed by atoms with Gasteiger partial charge in [0.15, 0.2) is 0 Å². The Morgan fingerprint density at radius 1 is 0.824 bits per heavy atom. The van der Waals surface area contributed by atoms with Gasteiger partial charge in [0.25, 0.3) is 0 Å². The van der Waals surface area contributed by atoms with E-state index in [1.165, 1.54) is 51.4 Å². The summed E-state index contributed by atoms with van der Waals surface area (Å²) in [5.41, 5.74) is 13.6. The molecule has 0 saturated carbocycles. The van der Waals surface area contributed by atoms with Crippen LogP contribution in [0.4, 0.5) is 0 Å². The zero-order valence-electron chi connectivity index (χ0n) is 24.0. The third-order valence-corrected chi connectivity index (χ3v) is 33.9. The summed E-state index contributed by atoms with van der Waals surface area (Å²) in [4.78, 5) is 0. The SMILES string of the molecule is CCCCC[C]1([Hf]([CH3])([CH3])[C]2(C)C(C)=C(C)C(C)=C2C)C=Cc2cc3c(cc21)CC(CC)(CC)C3. The molecule has 1 atom stereocenters. The van der Waals surface area contributed by atoms with E-state index in [4.69, 9.17) is 0 Å². The molecule has 1 unspecified atom stereocenters. The van der Waals surface area contributed by atoms with Crippen LogP contribution in [0.25, 0.3) is 6.08 Å². The standard InChI is InChI=1S/C21H29.C10H15.2CH3.Hf/c1-4-7-8-9-16-10-11-17-12-18-14-21(5-2,6-3)15-19(18)13-20(16)17;1-6-7(2)9(4)10(5)8(6)3;;;/h10-13H,4-9,14-15H2,1-3H3;1-5H3;2*1H3;. The van der Waals surface area contributed by atoms with Crippen LogP contribution >= 0.6 is 0 Å². The molecule has 0 nitrogen and oxygen atoms in total. The first-order chi connectivity index (χ1) is 15.9. The molecule has 4 rings (SSSR count). The second-order valence-corrected chi connectivity index (χ2v) is 31.3. The molecule has 0 heterocycles. The molecule has 34 heavy (non-hydrogen) atoms. The van der Waals surface area contributed by atoms with Crippen molar-refractivity contribution in [1.82, 2.24) is 0 Å². The van der Waals surface area contributed by atoms with Gasteiger partial charge in [-0.1, -0.05) is 0 Å². The quantitative estimate of drug-likeness (QED) is 0.199. The van der Waals surface area contributed by atoms with Gasteiger partial charge in [0.05, 0.1) is 0 Å². The molecule has 0 bridgehead atoms. The molecule has 0 spiro atoms. The van der Waals surface area contributed by atoms with E-state index in [9.17, 15) is 0 Å². The minimum absolute atomic E-state index is 0.287. The van der Waals surface area contributed by atoms with Crippen molar-refractivity contribution >= 4 is 6.08 Å². The first-order valence-electron chi connectivity index (χ1n) is 14.2. The monoisotopic (exact) mass is 626 g/mol. The van der Waals surface area contributed by atoms with Crippen LogP contribution in [0.3, 0.4) is 0 Å². The normalized spacial score (nSPS) is 24.9. The summed E-state index contributed by atoms with van der Waals surface area (Å²) in [5.74, 6) is 0. The van der Waals surface area contributed by atoms with E-state index in [-0.39, 0.29) is 3.17 Å². The Hall–Kier alpha value is -0.690. The Kier molecular flexibility index (Phi) is 6.99. The van der Waals surface area contributed by atoms with Crippen LogP contribution in [0, 0.1) is 5.41 Å². The molecule has 0 saturated heterocycles. The fraction of sp³-hybridized carbons (Fsp3) is 0.636. The predicted octanol–water partition coefficient (Wildman–Crippen LogP) is 10.5. The summed E-state index contributed by atoms with van der Waals surface area (Å²) < 4.78 is 6.20. The molecule has 1 aromatic carbocycles. The van der Waals surface area contributed by atoms with Crippen molar-refractivity contribution in [2.75, 3.05) is 0 Å². The van der Waals surface area contributed by atoms with Gasteiger partial charge in [-0.3, -0.25) is 0 Å². The summed E-state index contributed by atoms with van der Waals surface area (Å²) >= 11 is -3.10. The number of unbranched alkanes of at least 4 members (excludes halogenated alkanes) is 2. The number of hydrogen-bond donors (Lipinski definition) is 0. The second-order valence-electron chi connectivity index (χ2n) is 12.8. The number of fused-ring (bicyclic) bond motifs is 2. The molecule has 0 radical (unpaired) electrons. The van der Waals surface area contributed by atoms with Gasteiger partial charge in [0.1, 0.15) is 0 Å². The van der Waals surface area contributed by atoms with Crippen LogP contribution in [-0.2, 0) is 36.0 Å². The predicted molar refractivity (Wildman–Crippen MR) is 149 cm³/mol. The van der Waals surface area contributed by atoms with E-state index in [1.54, 1.807) is 44.5 Å². The molecular weight excluding hydrogens is 575 g/mol. The summed E-state index contributed by atoms with van der Waals surface area (Å²) in [6.07, 6.45) is 15.8. The third kappa shape index (κ3) is 3.45. The topological polar surface area (TPSA) is 0 Å². The van der Waals surface area contributed by atoms with Crippen LogP contribution in [0.1, 0.15) is 116 Å². The van der Waals surface area contributed by atoms with Gasteiger partial charge in [-0.05, 0) is 0 Å². The molecular formula is C33H50Hf. The third-order valence-electron chi connectivity index (χ3n) is 11.8. The molecule has 0 N–H and O–H groups in total. The fourth-order valence-corrected chi connectivity index (χ4v) is 27.4. The van der Waals surface area contributed by atoms with E-state index >= 15 is 0 Å². The van der Waals surface area contributed by atoms with Crippen molar-refractivity contribution in [3.63, 3.8) is 0 Å². The fourth-order valence-electron chi connectivity index (χ4n) is 8.21. The number of rotatable bonds is 8. The van der Waals surface area contributed by atoms with Gasteiger partial charge in [-0.25, -0.2) is 0 Å². The number of allylic oxidation sites excluding steroid dienone is 5. The first-order valence-corrected chi connectivity index (χ1v) is 24.9. The van der Waals surface area contributed by atoms with E-state index < -0.39 is 20.0 Å². The summed E-state index contributed by atoms with van der Waals surface area (Å²) in [7, 11) is 0. The van der Waals surface area contributed by atoms with Crippen LogP contribution in [-0.4, -0.2) is 0 Å². The van der Waals surface area contributed by atoms with Crippen LogP contribution in [0.15, 0.2) is 40.5 Å². The first kappa shape index (κ1) is 26.4. The number of benzene rings is 1. The maximum atomic E-state index is 2.81.